The van der Waals surface area contributed by atoms with Gasteiger partial charge in [-0.05, 0) is 49.4 Å². The van der Waals surface area contributed by atoms with Gasteiger partial charge >= 0.3 is 0 Å². The number of ether oxygens (including phenoxy) is 2. The summed E-state index contributed by atoms with van der Waals surface area (Å²) < 4.78 is 10.3. The fraction of sp³-hybridized carbons (Fsp3) is 0.571. The van der Waals surface area contributed by atoms with Crippen molar-refractivity contribution in [3.05, 3.63) is 28.8 Å². The van der Waals surface area contributed by atoms with E-state index in [0.29, 0.717) is 0 Å². The molecule has 2 N–H and O–H groups in total. The van der Waals surface area contributed by atoms with E-state index in [1.165, 1.54) is 11.1 Å². The van der Waals surface area contributed by atoms with Gasteiger partial charge in [0.2, 0.25) is 0 Å². The van der Waals surface area contributed by atoms with E-state index >= 15 is 0 Å². The summed E-state index contributed by atoms with van der Waals surface area (Å²) in [6, 6.07) is 4.27. The second-order valence-corrected chi connectivity index (χ2v) is 4.42. The van der Waals surface area contributed by atoms with Crippen LogP contribution in [-0.2, 0) is 4.74 Å². The molecule has 0 aliphatic heterocycles. The van der Waals surface area contributed by atoms with Gasteiger partial charge in [0.25, 0.3) is 0 Å². The summed E-state index contributed by atoms with van der Waals surface area (Å²) in [5, 5.41) is 0. The van der Waals surface area contributed by atoms with Crippen molar-refractivity contribution in [1.29, 1.82) is 0 Å². The molecule has 0 spiro atoms. The Morgan fingerprint density at radius 3 is 2.47 bits per heavy atom. The Kier molecular flexibility index (Phi) is 5.45. The van der Waals surface area contributed by atoms with E-state index in [4.69, 9.17) is 15.2 Å². The number of aryl methyl sites for hydroxylation is 2. The predicted octanol–water partition coefficient (Wildman–Crippen LogP) is 2.74. The molecule has 96 valence electrons. The third-order valence-electron chi connectivity index (χ3n) is 3.05. The summed E-state index contributed by atoms with van der Waals surface area (Å²) in [5.74, 6) is 0.926. The SMILES string of the molecule is COCCCC(N)c1cc(C)c(OC)cc1C. The fourth-order valence-electron chi connectivity index (χ4n) is 2.03. The molecule has 0 radical (unpaired) electrons. The van der Waals surface area contributed by atoms with Crippen molar-refractivity contribution in [2.75, 3.05) is 20.8 Å². The molecule has 0 bridgehead atoms. The van der Waals surface area contributed by atoms with Crippen LogP contribution in [0, 0.1) is 13.8 Å². The zero-order chi connectivity index (χ0) is 12.8. The van der Waals surface area contributed by atoms with E-state index in [9.17, 15) is 0 Å². The highest BCUT2D eigenvalue weighted by Crippen LogP contribution is 2.27. The van der Waals surface area contributed by atoms with Gasteiger partial charge < -0.3 is 15.2 Å². The maximum atomic E-state index is 6.20. The first-order chi connectivity index (χ1) is 8.10. The van der Waals surface area contributed by atoms with Crippen LogP contribution >= 0.6 is 0 Å². The Morgan fingerprint density at radius 2 is 1.88 bits per heavy atom. The molecule has 1 rings (SSSR count). The van der Waals surface area contributed by atoms with Gasteiger partial charge in [-0.25, -0.2) is 0 Å². The van der Waals surface area contributed by atoms with E-state index in [1.54, 1.807) is 14.2 Å². The monoisotopic (exact) mass is 237 g/mol. The third-order valence-corrected chi connectivity index (χ3v) is 3.05. The van der Waals surface area contributed by atoms with Crippen LogP contribution in [0.1, 0.15) is 35.6 Å². The van der Waals surface area contributed by atoms with Crippen LogP contribution in [0.2, 0.25) is 0 Å². The Morgan fingerprint density at radius 1 is 1.18 bits per heavy atom. The van der Waals surface area contributed by atoms with Crippen LogP contribution in [0.15, 0.2) is 12.1 Å². The highest BCUT2D eigenvalue weighted by atomic mass is 16.5. The molecule has 1 aromatic rings. The van der Waals surface area contributed by atoms with Gasteiger partial charge in [0, 0.05) is 19.8 Å². The van der Waals surface area contributed by atoms with Crippen molar-refractivity contribution >= 4 is 0 Å². The van der Waals surface area contributed by atoms with E-state index in [0.717, 1.165) is 30.8 Å². The zero-order valence-electron chi connectivity index (χ0n) is 11.2. The van der Waals surface area contributed by atoms with Crippen molar-refractivity contribution < 1.29 is 9.47 Å². The average Bonchev–Trinajstić information content (AvgIpc) is 2.31. The van der Waals surface area contributed by atoms with Crippen molar-refractivity contribution in [2.24, 2.45) is 5.73 Å². The summed E-state index contributed by atoms with van der Waals surface area (Å²) in [4.78, 5) is 0. The van der Waals surface area contributed by atoms with Crippen LogP contribution in [0.4, 0.5) is 0 Å². The van der Waals surface area contributed by atoms with Crippen LogP contribution in [0.5, 0.6) is 5.75 Å². The Hall–Kier alpha value is -1.06. The second-order valence-electron chi connectivity index (χ2n) is 4.42. The van der Waals surface area contributed by atoms with Crippen LogP contribution < -0.4 is 10.5 Å². The quantitative estimate of drug-likeness (QED) is 0.774. The van der Waals surface area contributed by atoms with Gasteiger partial charge in [-0.1, -0.05) is 6.07 Å². The summed E-state index contributed by atoms with van der Waals surface area (Å²) >= 11 is 0. The van der Waals surface area contributed by atoms with Gasteiger partial charge in [0.15, 0.2) is 0 Å². The van der Waals surface area contributed by atoms with Crippen LogP contribution in [-0.4, -0.2) is 20.8 Å². The normalized spacial score (nSPS) is 12.5. The molecule has 0 aliphatic rings. The lowest BCUT2D eigenvalue weighted by molar-refractivity contribution is 0.190. The molecular formula is C14H23NO2. The number of hydrogen-bond donors (Lipinski definition) is 1. The smallest absolute Gasteiger partial charge is 0.122 e. The highest BCUT2D eigenvalue weighted by molar-refractivity contribution is 5.42. The molecule has 17 heavy (non-hydrogen) atoms. The topological polar surface area (TPSA) is 44.5 Å². The molecule has 0 heterocycles. The standard InChI is InChI=1S/C14H23NO2/c1-10-9-14(17-4)11(2)8-12(10)13(15)6-5-7-16-3/h8-9,13H,5-7,15H2,1-4H3. The minimum Gasteiger partial charge on any atom is -0.496 e. The minimum absolute atomic E-state index is 0.0785. The van der Waals surface area contributed by atoms with E-state index in [1.807, 2.05) is 6.92 Å². The Labute approximate surface area is 104 Å². The predicted molar refractivity (Wildman–Crippen MR) is 70.5 cm³/mol. The molecule has 1 atom stereocenters. The highest BCUT2D eigenvalue weighted by Gasteiger charge is 2.11. The number of nitrogens with two attached hydrogens (primary N) is 1. The first kappa shape index (κ1) is 14.0. The first-order valence-electron chi connectivity index (χ1n) is 5.99. The van der Waals surface area contributed by atoms with Crippen LogP contribution in [0.25, 0.3) is 0 Å². The molecule has 0 amide bonds. The van der Waals surface area contributed by atoms with Crippen LogP contribution in [0.3, 0.4) is 0 Å². The fourth-order valence-corrected chi connectivity index (χ4v) is 2.03. The molecule has 1 unspecified atom stereocenters. The maximum Gasteiger partial charge on any atom is 0.122 e. The molecule has 0 saturated heterocycles. The first-order valence-corrected chi connectivity index (χ1v) is 5.99. The minimum atomic E-state index is 0.0785. The number of hydrogen-bond acceptors (Lipinski definition) is 3. The van der Waals surface area contributed by atoms with Crippen molar-refractivity contribution in [3.63, 3.8) is 0 Å². The van der Waals surface area contributed by atoms with Crippen molar-refractivity contribution in [2.45, 2.75) is 32.7 Å². The van der Waals surface area contributed by atoms with Gasteiger partial charge in [-0.3, -0.25) is 0 Å². The molecule has 1 aromatic carbocycles. The van der Waals surface area contributed by atoms with Gasteiger partial charge in [-0.15, -0.1) is 0 Å². The Balaban J connectivity index is 2.79. The van der Waals surface area contributed by atoms with Gasteiger partial charge in [0.05, 0.1) is 7.11 Å². The molecular weight excluding hydrogens is 214 g/mol. The molecule has 3 nitrogen and oxygen atoms in total. The van der Waals surface area contributed by atoms with Gasteiger partial charge in [0.1, 0.15) is 5.75 Å². The second kappa shape index (κ2) is 6.62. The maximum absolute atomic E-state index is 6.20. The molecule has 0 fully saturated rings. The van der Waals surface area contributed by atoms with Crippen molar-refractivity contribution in [3.8, 4) is 5.75 Å². The summed E-state index contributed by atoms with van der Waals surface area (Å²) in [7, 11) is 3.41. The van der Waals surface area contributed by atoms with Gasteiger partial charge in [-0.2, -0.15) is 0 Å². The largest absolute Gasteiger partial charge is 0.496 e. The lowest BCUT2D eigenvalue weighted by atomic mass is 9.96. The summed E-state index contributed by atoms with van der Waals surface area (Å²) in [6.07, 6.45) is 1.93. The average molecular weight is 237 g/mol. The Bertz CT molecular complexity index is 363. The lowest BCUT2D eigenvalue weighted by Gasteiger charge is -2.17. The van der Waals surface area contributed by atoms with E-state index < -0.39 is 0 Å². The molecule has 3 heteroatoms. The molecule has 0 aromatic heterocycles. The lowest BCUT2D eigenvalue weighted by Crippen LogP contribution is -2.13. The molecule has 0 aliphatic carbocycles. The van der Waals surface area contributed by atoms with E-state index in [-0.39, 0.29) is 6.04 Å². The van der Waals surface area contributed by atoms with Crippen molar-refractivity contribution in [1.82, 2.24) is 0 Å². The number of benzene rings is 1. The zero-order valence-corrected chi connectivity index (χ0v) is 11.2. The number of rotatable bonds is 6. The molecule has 0 saturated carbocycles. The summed E-state index contributed by atoms with van der Waals surface area (Å²) in [6.45, 7) is 4.89. The number of methoxy groups -OCH3 is 2. The summed E-state index contributed by atoms with van der Waals surface area (Å²) in [5.41, 5.74) is 9.73. The van der Waals surface area contributed by atoms with E-state index in [2.05, 4.69) is 19.1 Å². The third kappa shape index (κ3) is 3.72.